The van der Waals surface area contributed by atoms with Crippen LogP contribution in [0.4, 0.5) is 4.39 Å². The fraction of sp³-hybridized carbons (Fsp3) is 0.500. The van der Waals surface area contributed by atoms with Crippen LogP contribution < -0.4 is 5.32 Å². The summed E-state index contributed by atoms with van der Waals surface area (Å²) in [5.41, 5.74) is 1.15. The number of carbonyl (C=O) groups excluding carboxylic acids is 1. The Labute approximate surface area is 106 Å². The average Bonchev–Trinajstić information content (AvgIpc) is 2.70. The van der Waals surface area contributed by atoms with Crippen LogP contribution in [0.3, 0.4) is 0 Å². The van der Waals surface area contributed by atoms with E-state index in [9.17, 15) is 9.18 Å². The third kappa shape index (κ3) is 2.12. The Morgan fingerprint density at radius 1 is 1.56 bits per heavy atom. The lowest BCUT2D eigenvalue weighted by molar-refractivity contribution is -0.142. The van der Waals surface area contributed by atoms with Gasteiger partial charge in [-0.15, -0.1) is 0 Å². The van der Waals surface area contributed by atoms with Crippen molar-refractivity contribution in [1.29, 1.82) is 0 Å². The van der Waals surface area contributed by atoms with Crippen molar-refractivity contribution in [2.45, 2.75) is 31.7 Å². The molecule has 4 heteroatoms. The molecule has 18 heavy (non-hydrogen) atoms. The fourth-order valence-electron chi connectivity index (χ4n) is 2.82. The van der Waals surface area contributed by atoms with Gasteiger partial charge in [-0.05, 0) is 36.6 Å². The molecule has 1 N–H and O–H groups in total. The topological polar surface area (TPSA) is 38.3 Å². The number of ether oxygens (including phenoxy) is 1. The Morgan fingerprint density at radius 2 is 2.33 bits per heavy atom. The van der Waals surface area contributed by atoms with Crippen molar-refractivity contribution in [2.75, 3.05) is 13.7 Å². The first-order valence-corrected chi connectivity index (χ1v) is 6.22. The quantitative estimate of drug-likeness (QED) is 0.833. The number of hydrogen-bond donors (Lipinski definition) is 1. The van der Waals surface area contributed by atoms with Gasteiger partial charge in [0.25, 0.3) is 0 Å². The van der Waals surface area contributed by atoms with E-state index >= 15 is 0 Å². The molecule has 1 unspecified atom stereocenters. The van der Waals surface area contributed by atoms with Crippen molar-refractivity contribution in [3.05, 3.63) is 35.1 Å². The van der Waals surface area contributed by atoms with Crippen LogP contribution in [0.25, 0.3) is 0 Å². The molecule has 0 radical (unpaired) electrons. The van der Waals surface area contributed by atoms with Crippen molar-refractivity contribution in [1.82, 2.24) is 5.32 Å². The van der Waals surface area contributed by atoms with E-state index in [1.54, 1.807) is 6.07 Å². The minimum atomic E-state index is -0.473. The number of nitrogens with one attached hydrogen (secondary N) is 1. The summed E-state index contributed by atoms with van der Waals surface area (Å²) in [5.74, 6) is -0.454. The number of carbonyl (C=O) groups is 1. The van der Waals surface area contributed by atoms with Crippen LogP contribution in [0, 0.1) is 5.82 Å². The molecule has 0 aromatic heterocycles. The molecule has 98 valence electrons. The highest BCUT2D eigenvalue weighted by Crippen LogP contribution is 2.40. The zero-order chi connectivity index (χ0) is 13.2. The molecule has 0 heterocycles. The van der Waals surface area contributed by atoms with Crippen molar-refractivity contribution >= 4 is 5.97 Å². The molecule has 0 amide bonds. The smallest absolute Gasteiger partial charge is 0.307 e. The maximum absolute atomic E-state index is 13.7. The Balaban J connectivity index is 2.40. The molecule has 1 aliphatic rings. The van der Waals surface area contributed by atoms with E-state index in [2.05, 4.69) is 5.32 Å². The first kappa shape index (κ1) is 13.0. The number of halogens is 1. The third-order valence-corrected chi connectivity index (χ3v) is 3.63. The zero-order valence-electron chi connectivity index (χ0n) is 10.8. The summed E-state index contributed by atoms with van der Waals surface area (Å²) in [6.45, 7) is 2.71. The van der Waals surface area contributed by atoms with Gasteiger partial charge >= 0.3 is 5.97 Å². The number of benzene rings is 1. The second-order valence-electron chi connectivity index (χ2n) is 4.63. The maximum Gasteiger partial charge on any atom is 0.307 e. The van der Waals surface area contributed by atoms with Gasteiger partial charge in [0.15, 0.2) is 0 Å². The van der Waals surface area contributed by atoms with Gasteiger partial charge in [0.05, 0.1) is 19.1 Å². The fourth-order valence-corrected chi connectivity index (χ4v) is 2.82. The van der Waals surface area contributed by atoms with Crippen LogP contribution in [0.1, 0.15) is 30.9 Å². The molecule has 0 fully saturated rings. The predicted molar refractivity (Wildman–Crippen MR) is 66.7 cm³/mol. The van der Waals surface area contributed by atoms with E-state index in [1.165, 1.54) is 13.2 Å². The lowest BCUT2D eigenvalue weighted by Gasteiger charge is -2.30. The van der Waals surface area contributed by atoms with Crippen LogP contribution >= 0.6 is 0 Å². The SMILES string of the molecule is CCNC1(CC(=O)OC)CCc2c(F)cccc21. The normalized spacial score (nSPS) is 21.7. The highest BCUT2D eigenvalue weighted by atomic mass is 19.1. The molecule has 1 aromatic rings. The van der Waals surface area contributed by atoms with Gasteiger partial charge in [0.2, 0.25) is 0 Å². The summed E-state index contributed by atoms with van der Waals surface area (Å²) in [4.78, 5) is 11.6. The summed E-state index contributed by atoms with van der Waals surface area (Å²) < 4.78 is 18.5. The molecular formula is C14H18FNO2. The van der Waals surface area contributed by atoms with Gasteiger partial charge in [-0.3, -0.25) is 4.79 Å². The lowest BCUT2D eigenvalue weighted by atomic mass is 9.88. The first-order valence-electron chi connectivity index (χ1n) is 6.22. The standard InChI is InChI=1S/C14H18FNO2/c1-3-16-14(9-13(17)18-2)8-7-10-11(14)5-4-6-12(10)15/h4-6,16H,3,7-9H2,1-2H3. The lowest BCUT2D eigenvalue weighted by Crippen LogP contribution is -2.42. The third-order valence-electron chi connectivity index (χ3n) is 3.63. The molecule has 1 atom stereocenters. The monoisotopic (exact) mass is 251 g/mol. The second-order valence-corrected chi connectivity index (χ2v) is 4.63. The Hall–Kier alpha value is -1.42. The van der Waals surface area contributed by atoms with Gasteiger partial charge in [-0.25, -0.2) is 4.39 Å². The molecule has 0 saturated carbocycles. The zero-order valence-corrected chi connectivity index (χ0v) is 10.8. The molecular weight excluding hydrogens is 233 g/mol. The van der Waals surface area contributed by atoms with E-state index < -0.39 is 5.54 Å². The van der Waals surface area contributed by atoms with Gasteiger partial charge in [-0.2, -0.15) is 0 Å². The van der Waals surface area contributed by atoms with Crippen molar-refractivity contribution < 1.29 is 13.9 Å². The number of rotatable bonds is 4. The first-order chi connectivity index (χ1) is 8.63. The summed E-state index contributed by atoms with van der Waals surface area (Å²) in [7, 11) is 1.38. The van der Waals surface area contributed by atoms with Gasteiger partial charge < -0.3 is 10.1 Å². The van der Waals surface area contributed by atoms with Crippen molar-refractivity contribution in [3.63, 3.8) is 0 Å². The van der Waals surface area contributed by atoms with E-state index in [0.717, 1.165) is 24.1 Å². The Bertz CT molecular complexity index is 461. The molecule has 1 aromatic carbocycles. The number of methoxy groups -OCH3 is 1. The second kappa shape index (κ2) is 5.06. The van der Waals surface area contributed by atoms with Crippen LogP contribution in [0.15, 0.2) is 18.2 Å². The molecule has 0 saturated heterocycles. The number of fused-ring (bicyclic) bond motifs is 1. The van der Waals surface area contributed by atoms with E-state index in [4.69, 9.17) is 4.74 Å². The summed E-state index contributed by atoms with van der Waals surface area (Å²) in [5, 5.41) is 3.34. The van der Waals surface area contributed by atoms with Crippen LogP contribution in [-0.2, 0) is 21.5 Å². The average molecular weight is 251 g/mol. The van der Waals surface area contributed by atoms with Crippen LogP contribution in [0.2, 0.25) is 0 Å². The number of hydrogen-bond acceptors (Lipinski definition) is 3. The Kier molecular flexibility index (Phi) is 3.66. The van der Waals surface area contributed by atoms with Gasteiger partial charge in [0.1, 0.15) is 5.82 Å². The summed E-state index contributed by atoms with van der Waals surface area (Å²) >= 11 is 0. The Morgan fingerprint density at radius 3 is 3.00 bits per heavy atom. The number of esters is 1. The van der Waals surface area contributed by atoms with Crippen LogP contribution in [-0.4, -0.2) is 19.6 Å². The van der Waals surface area contributed by atoms with Crippen molar-refractivity contribution in [3.8, 4) is 0 Å². The largest absolute Gasteiger partial charge is 0.469 e. The molecule has 0 bridgehead atoms. The van der Waals surface area contributed by atoms with Crippen molar-refractivity contribution in [2.24, 2.45) is 0 Å². The molecule has 1 aliphatic carbocycles. The van der Waals surface area contributed by atoms with E-state index in [0.29, 0.717) is 6.42 Å². The van der Waals surface area contributed by atoms with Gasteiger partial charge in [0, 0.05) is 0 Å². The summed E-state index contributed by atoms with van der Waals surface area (Å²) in [6, 6.07) is 5.07. The molecule has 2 rings (SSSR count). The minimum absolute atomic E-state index is 0.183. The van der Waals surface area contributed by atoms with Gasteiger partial charge in [-0.1, -0.05) is 19.1 Å². The highest BCUT2D eigenvalue weighted by molar-refractivity contribution is 5.71. The highest BCUT2D eigenvalue weighted by Gasteiger charge is 2.41. The molecule has 0 aliphatic heterocycles. The molecule has 0 spiro atoms. The molecule has 3 nitrogen and oxygen atoms in total. The van der Waals surface area contributed by atoms with Crippen LogP contribution in [0.5, 0.6) is 0 Å². The van der Waals surface area contributed by atoms with E-state index in [-0.39, 0.29) is 18.2 Å². The minimum Gasteiger partial charge on any atom is -0.469 e. The predicted octanol–water partition coefficient (Wildman–Crippen LogP) is 2.14. The summed E-state index contributed by atoms with van der Waals surface area (Å²) in [6.07, 6.45) is 1.63. The maximum atomic E-state index is 13.7. The van der Waals surface area contributed by atoms with E-state index in [1.807, 2.05) is 13.0 Å².